The maximum Gasteiger partial charge on any atom is 0.227 e. The van der Waals surface area contributed by atoms with Gasteiger partial charge in [-0.25, -0.2) is 9.97 Å². The van der Waals surface area contributed by atoms with Gasteiger partial charge in [-0.15, -0.1) is 0 Å². The SMILES string of the molecule is CNc1nn(C)cc1Nc1ncc(Br)cn1. The van der Waals surface area contributed by atoms with Gasteiger partial charge in [0, 0.05) is 26.5 Å². The van der Waals surface area contributed by atoms with E-state index in [9.17, 15) is 0 Å². The van der Waals surface area contributed by atoms with E-state index in [1.807, 2.05) is 20.3 Å². The predicted octanol–water partition coefficient (Wildman–Crippen LogP) is 1.76. The number of hydrogen-bond donors (Lipinski definition) is 2. The lowest BCUT2D eigenvalue weighted by molar-refractivity contribution is 0.770. The van der Waals surface area contributed by atoms with Gasteiger partial charge in [0.15, 0.2) is 5.82 Å². The Labute approximate surface area is 101 Å². The highest BCUT2D eigenvalue weighted by molar-refractivity contribution is 9.10. The van der Waals surface area contributed by atoms with Crippen molar-refractivity contribution in [3.05, 3.63) is 23.1 Å². The lowest BCUT2D eigenvalue weighted by Crippen LogP contribution is -1.98. The fourth-order valence-corrected chi connectivity index (χ4v) is 1.47. The quantitative estimate of drug-likeness (QED) is 0.898. The van der Waals surface area contributed by atoms with E-state index >= 15 is 0 Å². The van der Waals surface area contributed by atoms with Gasteiger partial charge < -0.3 is 10.6 Å². The average Bonchev–Trinajstić information content (AvgIpc) is 2.62. The van der Waals surface area contributed by atoms with Crippen LogP contribution in [0.15, 0.2) is 23.1 Å². The van der Waals surface area contributed by atoms with Crippen LogP contribution in [0.25, 0.3) is 0 Å². The smallest absolute Gasteiger partial charge is 0.227 e. The van der Waals surface area contributed by atoms with E-state index in [1.54, 1.807) is 17.1 Å². The molecule has 0 aliphatic carbocycles. The molecule has 0 saturated heterocycles. The first-order chi connectivity index (χ1) is 7.69. The first kappa shape index (κ1) is 10.9. The Balaban J connectivity index is 2.22. The summed E-state index contributed by atoms with van der Waals surface area (Å²) in [6.45, 7) is 0. The zero-order chi connectivity index (χ0) is 11.5. The van der Waals surface area contributed by atoms with Crippen LogP contribution in [-0.4, -0.2) is 26.8 Å². The van der Waals surface area contributed by atoms with E-state index in [0.29, 0.717) is 5.95 Å². The van der Waals surface area contributed by atoms with E-state index in [1.165, 1.54) is 0 Å². The minimum absolute atomic E-state index is 0.535. The van der Waals surface area contributed by atoms with Crippen LogP contribution in [0.5, 0.6) is 0 Å². The molecule has 7 heteroatoms. The Morgan fingerprint density at radius 1 is 1.31 bits per heavy atom. The molecule has 6 nitrogen and oxygen atoms in total. The van der Waals surface area contributed by atoms with Crippen molar-refractivity contribution < 1.29 is 0 Å². The van der Waals surface area contributed by atoms with E-state index in [0.717, 1.165) is 16.0 Å². The van der Waals surface area contributed by atoms with Gasteiger partial charge >= 0.3 is 0 Å². The summed E-state index contributed by atoms with van der Waals surface area (Å²) in [5.41, 5.74) is 0.840. The largest absolute Gasteiger partial charge is 0.370 e. The Morgan fingerprint density at radius 3 is 2.62 bits per heavy atom. The highest BCUT2D eigenvalue weighted by Gasteiger charge is 2.06. The Kier molecular flexibility index (Phi) is 3.04. The van der Waals surface area contributed by atoms with Crippen molar-refractivity contribution in [1.29, 1.82) is 0 Å². The van der Waals surface area contributed by atoms with Crippen LogP contribution in [0.4, 0.5) is 17.5 Å². The molecule has 0 bridgehead atoms. The number of halogens is 1. The highest BCUT2D eigenvalue weighted by atomic mass is 79.9. The molecule has 0 atom stereocenters. The molecule has 0 fully saturated rings. The number of rotatable bonds is 3. The fraction of sp³-hybridized carbons (Fsp3) is 0.222. The van der Waals surface area contributed by atoms with Crippen molar-refractivity contribution in [3.8, 4) is 0 Å². The van der Waals surface area contributed by atoms with Crippen LogP contribution in [0.3, 0.4) is 0 Å². The highest BCUT2D eigenvalue weighted by Crippen LogP contribution is 2.21. The molecule has 0 aromatic carbocycles. The van der Waals surface area contributed by atoms with Gasteiger partial charge in [0.1, 0.15) is 5.69 Å². The van der Waals surface area contributed by atoms with E-state index in [4.69, 9.17) is 0 Å². The van der Waals surface area contributed by atoms with Crippen LogP contribution in [0.2, 0.25) is 0 Å². The fourth-order valence-electron chi connectivity index (χ4n) is 1.26. The van der Waals surface area contributed by atoms with Gasteiger partial charge in [-0.2, -0.15) is 5.10 Å². The monoisotopic (exact) mass is 282 g/mol. The number of aromatic nitrogens is 4. The number of aryl methyl sites for hydroxylation is 1. The Bertz CT molecular complexity index is 477. The summed E-state index contributed by atoms with van der Waals surface area (Å²) >= 11 is 3.28. The molecule has 0 radical (unpaired) electrons. The average molecular weight is 283 g/mol. The third kappa shape index (κ3) is 2.30. The number of hydrogen-bond acceptors (Lipinski definition) is 5. The molecule has 16 heavy (non-hydrogen) atoms. The second kappa shape index (κ2) is 4.48. The molecule has 0 saturated carbocycles. The molecule has 0 amide bonds. The van der Waals surface area contributed by atoms with E-state index < -0.39 is 0 Å². The molecule has 2 aromatic heterocycles. The molecule has 2 heterocycles. The number of nitrogens with zero attached hydrogens (tertiary/aromatic N) is 4. The molecular formula is C9H11BrN6. The van der Waals surface area contributed by atoms with Crippen LogP contribution in [-0.2, 0) is 7.05 Å². The molecule has 0 aliphatic rings. The molecule has 2 rings (SSSR count). The third-order valence-electron chi connectivity index (χ3n) is 1.93. The van der Waals surface area contributed by atoms with Crippen LogP contribution < -0.4 is 10.6 Å². The summed E-state index contributed by atoms with van der Waals surface area (Å²) in [6, 6.07) is 0. The lowest BCUT2D eigenvalue weighted by atomic mass is 10.5. The summed E-state index contributed by atoms with van der Waals surface area (Å²) in [5.74, 6) is 1.29. The molecule has 0 unspecified atom stereocenters. The van der Waals surface area contributed by atoms with Gasteiger partial charge in [0.05, 0.1) is 10.7 Å². The first-order valence-electron chi connectivity index (χ1n) is 4.65. The van der Waals surface area contributed by atoms with Crippen molar-refractivity contribution in [2.75, 3.05) is 17.7 Å². The second-order valence-electron chi connectivity index (χ2n) is 3.16. The van der Waals surface area contributed by atoms with Gasteiger partial charge in [-0.05, 0) is 15.9 Å². The molecule has 2 N–H and O–H groups in total. The van der Waals surface area contributed by atoms with Gasteiger partial charge in [0.2, 0.25) is 5.95 Å². The molecule has 0 spiro atoms. The molecular weight excluding hydrogens is 272 g/mol. The minimum Gasteiger partial charge on any atom is -0.370 e. The summed E-state index contributed by atoms with van der Waals surface area (Å²) in [4.78, 5) is 8.25. The van der Waals surface area contributed by atoms with Crippen molar-refractivity contribution in [2.45, 2.75) is 0 Å². The summed E-state index contributed by atoms with van der Waals surface area (Å²) in [5, 5.41) is 10.3. The van der Waals surface area contributed by atoms with Crippen molar-refractivity contribution in [1.82, 2.24) is 19.7 Å². The third-order valence-corrected chi connectivity index (χ3v) is 2.34. The lowest BCUT2D eigenvalue weighted by Gasteiger charge is -2.03. The maximum atomic E-state index is 4.22. The first-order valence-corrected chi connectivity index (χ1v) is 5.44. The molecule has 0 aliphatic heterocycles. The van der Waals surface area contributed by atoms with Crippen LogP contribution >= 0.6 is 15.9 Å². The molecule has 84 valence electrons. The zero-order valence-electron chi connectivity index (χ0n) is 8.90. The minimum atomic E-state index is 0.535. The van der Waals surface area contributed by atoms with Gasteiger partial charge in [0.25, 0.3) is 0 Å². The predicted molar refractivity (Wildman–Crippen MR) is 65.8 cm³/mol. The normalized spacial score (nSPS) is 10.2. The van der Waals surface area contributed by atoms with Gasteiger partial charge in [-0.3, -0.25) is 4.68 Å². The topological polar surface area (TPSA) is 67.7 Å². The number of nitrogens with one attached hydrogen (secondary N) is 2. The van der Waals surface area contributed by atoms with E-state index in [-0.39, 0.29) is 0 Å². The van der Waals surface area contributed by atoms with Gasteiger partial charge in [-0.1, -0.05) is 0 Å². The van der Waals surface area contributed by atoms with Crippen LogP contribution in [0, 0.1) is 0 Å². The molecule has 2 aromatic rings. The van der Waals surface area contributed by atoms with Crippen LogP contribution in [0.1, 0.15) is 0 Å². The second-order valence-corrected chi connectivity index (χ2v) is 4.08. The summed E-state index contributed by atoms with van der Waals surface area (Å²) in [7, 11) is 3.67. The standard InChI is InChI=1S/C9H11BrN6/c1-11-8-7(5-16(2)15-8)14-9-12-3-6(10)4-13-9/h3-5H,1-2H3,(H,11,15)(H,12,13,14). The van der Waals surface area contributed by atoms with Crippen molar-refractivity contribution in [2.24, 2.45) is 7.05 Å². The summed E-state index contributed by atoms with van der Waals surface area (Å²) < 4.78 is 2.56. The Morgan fingerprint density at radius 2 is 2.00 bits per heavy atom. The summed E-state index contributed by atoms with van der Waals surface area (Å²) in [6.07, 6.45) is 5.23. The zero-order valence-corrected chi connectivity index (χ0v) is 10.5. The van der Waals surface area contributed by atoms with Crippen molar-refractivity contribution >= 4 is 33.4 Å². The van der Waals surface area contributed by atoms with E-state index in [2.05, 4.69) is 41.6 Å². The Hall–Kier alpha value is -1.63. The maximum absolute atomic E-state index is 4.22. The van der Waals surface area contributed by atoms with Crippen molar-refractivity contribution in [3.63, 3.8) is 0 Å². The number of anilines is 3.